The van der Waals surface area contributed by atoms with Crippen LogP contribution in [0.15, 0.2) is 23.1 Å². The molecular formula is C13H19BO4. The summed E-state index contributed by atoms with van der Waals surface area (Å²) in [5, 5.41) is 0. The molecule has 0 amide bonds. The predicted molar refractivity (Wildman–Crippen MR) is 67.7 cm³/mol. The molecule has 98 valence electrons. The van der Waals surface area contributed by atoms with Gasteiger partial charge in [-0.15, -0.1) is 0 Å². The maximum absolute atomic E-state index is 6.00. The number of hydrogen-bond acceptors (Lipinski definition) is 4. The molecule has 0 radical (unpaired) electrons. The minimum Gasteiger partial charge on any atom is -0.490 e. The van der Waals surface area contributed by atoms with E-state index in [2.05, 4.69) is 0 Å². The summed E-state index contributed by atoms with van der Waals surface area (Å²) in [6.45, 7) is 9.43. The van der Waals surface area contributed by atoms with Crippen LogP contribution in [-0.4, -0.2) is 31.5 Å². The van der Waals surface area contributed by atoms with Crippen molar-refractivity contribution in [2.24, 2.45) is 0 Å². The van der Waals surface area contributed by atoms with E-state index in [0.717, 1.165) is 23.4 Å². The van der Waals surface area contributed by atoms with E-state index >= 15 is 0 Å². The highest BCUT2D eigenvalue weighted by atomic mass is 16.7. The summed E-state index contributed by atoms with van der Waals surface area (Å²) in [5.74, 6) is 1.79. The van der Waals surface area contributed by atoms with Crippen molar-refractivity contribution in [3.63, 3.8) is 0 Å². The molecule has 0 aliphatic carbocycles. The van der Waals surface area contributed by atoms with Crippen LogP contribution in [-0.2, 0) is 18.8 Å². The molecule has 0 spiro atoms. The first-order chi connectivity index (χ1) is 8.39. The minimum absolute atomic E-state index is 0.316. The molecule has 3 aliphatic rings. The molecular weight excluding hydrogens is 231 g/mol. The van der Waals surface area contributed by atoms with Gasteiger partial charge in [0.05, 0.1) is 17.8 Å². The van der Waals surface area contributed by atoms with Gasteiger partial charge in [0, 0.05) is 11.9 Å². The molecule has 3 rings (SSSR count). The molecule has 0 atom stereocenters. The lowest BCUT2D eigenvalue weighted by Crippen LogP contribution is -2.41. The third-order valence-corrected chi connectivity index (χ3v) is 4.15. The monoisotopic (exact) mass is 250 g/mol. The third-order valence-electron chi connectivity index (χ3n) is 4.15. The molecule has 5 heteroatoms. The molecule has 18 heavy (non-hydrogen) atoms. The van der Waals surface area contributed by atoms with Crippen LogP contribution in [0.4, 0.5) is 0 Å². The number of allylic oxidation sites excluding steroid dienone is 1. The van der Waals surface area contributed by atoms with Crippen molar-refractivity contribution in [1.82, 2.24) is 0 Å². The van der Waals surface area contributed by atoms with Crippen molar-refractivity contribution in [3.05, 3.63) is 23.1 Å². The van der Waals surface area contributed by atoms with E-state index in [1.165, 1.54) is 0 Å². The molecule has 0 saturated carbocycles. The van der Waals surface area contributed by atoms with Gasteiger partial charge >= 0.3 is 7.12 Å². The van der Waals surface area contributed by atoms with Gasteiger partial charge in [0.1, 0.15) is 12.4 Å². The zero-order valence-corrected chi connectivity index (χ0v) is 11.4. The molecule has 1 fully saturated rings. The highest BCUT2D eigenvalue weighted by molar-refractivity contribution is 6.54. The highest BCUT2D eigenvalue weighted by Crippen LogP contribution is 2.40. The molecule has 0 aromatic rings. The predicted octanol–water partition coefficient (Wildman–Crippen LogP) is 2.21. The summed E-state index contributed by atoms with van der Waals surface area (Å²) in [6, 6.07) is 0. The summed E-state index contributed by atoms with van der Waals surface area (Å²) in [4.78, 5) is 0. The zero-order chi connectivity index (χ0) is 13.0. The molecule has 4 nitrogen and oxygen atoms in total. The molecule has 1 saturated heterocycles. The summed E-state index contributed by atoms with van der Waals surface area (Å²) in [6.07, 6.45) is 2.87. The Morgan fingerprint density at radius 3 is 2.39 bits per heavy atom. The average molecular weight is 250 g/mol. The molecule has 0 bridgehead atoms. The molecule has 0 aromatic carbocycles. The van der Waals surface area contributed by atoms with Gasteiger partial charge in [-0.25, -0.2) is 0 Å². The van der Waals surface area contributed by atoms with Gasteiger partial charge in [-0.1, -0.05) is 0 Å². The van der Waals surface area contributed by atoms with Crippen LogP contribution >= 0.6 is 0 Å². The van der Waals surface area contributed by atoms with Gasteiger partial charge in [-0.2, -0.15) is 0 Å². The normalized spacial score (nSPS) is 28.7. The van der Waals surface area contributed by atoms with Crippen molar-refractivity contribution >= 4 is 7.12 Å². The number of rotatable bonds is 1. The smallest absolute Gasteiger partial charge is 0.490 e. The second-order valence-electron chi connectivity index (χ2n) is 5.98. The van der Waals surface area contributed by atoms with E-state index in [-0.39, 0.29) is 18.3 Å². The van der Waals surface area contributed by atoms with E-state index in [1.807, 2.05) is 33.8 Å². The van der Waals surface area contributed by atoms with Gasteiger partial charge in [0.2, 0.25) is 0 Å². The lowest BCUT2D eigenvalue weighted by molar-refractivity contribution is 0.00578. The summed E-state index contributed by atoms with van der Waals surface area (Å²) in [7, 11) is -0.340. The minimum atomic E-state index is -0.340. The van der Waals surface area contributed by atoms with Crippen LogP contribution in [0.3, 0.4) is 0 Å². The summed E-state index contributed by atoms with van der Waals surface area (Å²) < 4.78 is 23.2. The lowest BCUT2D eigenvalue weighted by atomic mass is 9.77. The average Bonchev–Trinajstić information content (AvgIpc) is 2.80. The Kier molecular flexibility index (Phi) is 2.54. The van der Waals surface area contributed by atoms with Crippen molar-refractivity contribution in [1.29, 1.82) is 0 Å². The first-order valence-electron chi connectivity index (χ1n) is 6.44. The van der Waals surface area contributed by atoms with E-state index in [4.69, 9.17) is 18.8 Å². The van der Waals surface area contributed by atoms with E-state index in [9.17, 15) is 0 Å². The van der Waals surface area contributed by atoms with Gasteiger partial charge in [0.25, 0.3) is 0 Å². The van der Waals surface area contributed by atoms with Crippen molar-refractivity contribution < 1.29 is 18.8 Å². The quantitative estimate of drug-likeness (QED) is 0.668. The number of ether oxygens (including phenoxy) is 2. The Labute approximate surface area is 108 Å². The first kappa shape index (κ1) is 12.1. The number of hydrogen-bond donors (Lipinski definition) is 0. The lowest BCUT2D eigenvalue weighted by Gasteiger charge is -2.32. The van der Waals surface area contributed by atoms with Gasteiger partial charge in [0.15, 0.2) is 5.76 Å². The van der Waals surface area contributed by atoms with Crippen LogP contribution in [0.2, 0.25) is 0 Å². The van der Waals surface area contributed by atoms with E-state index in [1.54, 1.807) is 0 Å². The van der Waals surface area contributed by atoms with Crippen molar-refractivity contribution in [2.45, 2.75) is 45.3 Å². The third kappa shape index (κ3) is 1.77. The summed E-state index contributed by atoms with van der Waals surface area (Å²) in [5.41, 5.74) is 0.363. The van der Waals surface area contributed by atoms with Crippen LogP contribution < -0.4 is 0 Å². The second-order valence-corrected chi connectivity index (χ2v) is 5.98. The highest BCUT2D eigenvalue weighted by Gasteiger charge is 2.52. The summed E-state index contributed by atoms with van der Waals surface area (Å²) >= 11 is 0. The topological polar surface area (TPSA) is 36.9 Å². The fraction of sp³-hybridized carbons (Fsp3) is 0.692. The second kappa shape index (κ2) is 3.78. The van der Waals surface area contributed by atoms with E-state index in [0.29, 0.717) is 13.2 Å². The van der Waals surface area contributed by atoms with Gasteiger partial charge in [-0.05, 0) is 33.8 Å². The standard InChI is InChI=1S/C13H19BO4/c1-12(2)13(3,4)18-14(17-12)9-7-11-10(16-8-9)5-6-15-11/h7H,5-6,8H2,1-4H3. The largest absolute Gasteiger partial charge is 0.494 e. The Morgan fingerprint density at radius 1 is 1.06 bits per heavy atom. The molecule has 3 heterocycles. The van der Waals surface area contributed by atoms with Crippen LogP contribution in [0.25, 0.3) is 0 Å². The first-order valence-corrected chi connectivity index (χ1v) is 6.44. The Bertz CT molecular complexity index is 420. The zero-order valence-electron chi connectivity index (χ0n) is 11.4. The SMILES string of the molecule is CC1(C)OB(C2=CC3=C(CCO3)OC2)OC1(C)C. The molecule has 0 N–H and O–H groups in total. The fourth-order valence-electron chi connectivity index (χ4n) is 2.23. The van der Waals surface area contributed by atoms with Gasteiger partial charge < -0.3 is 18.8 Å². The Morgan fingerprint density at radius 2 is 1.72 bits per heavy atom. The van der Waals surface area contributed by atoms with Crippen LogP contribution in [0.1, 0.15) is 34.1 Å². The Balaban J connectivity index is 1.82. The molecule has 0 aromatic heterocycles. The van der Waals surface area contributed by atoms with Crippen LogP contribution in [0, 0.1) is 0 Å². The maximum Gasteiger partial charge on any atom is 0.494 e. The Hall–Kier alpha value is -0.935. The fourth-order valence-corrected chi connectivity index (χ4v) is 2.23. The van der Waals surface area contributed by atoms with E-state index < -0.39 is 0 Å². The van der Waals surface area contributed by atoms with Crippen LogP contribution in [0.5, 0.6) is 0 Å². The van der Waals surface area contributed by atoms with Crippen molar-refractivity contribution in [2.75, 3.05) is 13.2 Å². The molecule has 3 aliphatic heterocycles. The van der Waals surface area contributed by atoms with Crippen molar-refractivity contribution in [3.8, 4) is 0 Å². The molecule has 0 unspecified atom stereocenters. The maximum atomic E-state index is 6.00. The van der Waals surface area contributed by atoms with Gasteiger partial charge in [-0.3, -0.25) is 0 Å².